The van der Waals surface area contributed by atoms with Crippen molar-refractivity contribution in [1.82, 2.24) is 4.98 Å². The minimum Gasteiger partial charge on any atom is -0.507 e. The van der Waals surface area contributed by atoms with E-state index < -0.39 is 0 Å². The van der Waals surface area contributed by atoms with Gasteiger partial charge in [-0.3, -0.25) is 4.79 Å². The van der Waals surface area contributed by atoms with E-state index in [2.05, 4.69) is 5.32 Å². The molecule has 0 atom stereocenters. The first-order valence-corrected chi connectivity index (χ1v) is 11.5. The van der Waals surface area contributed by atoms with E-state index in [1.165, 1.54) is 0 Å². The van der Waals surface area contributed by atoms with E-state index in [1.807, 2.05) is 85.8 Å². The fourth-order valence-corrected chi connectivity index (χ4v) is 4.75. The molecule has 2 N–H and O–H groups in total. The smallest absolute Gasteiger partial charge is 0.196 e. The molecule has 0 fully saturated rings. The molecule has 4 aromatic carbocycles. The lowest BCUT2D eigenvalue weighted by Crippen LogP contribution is -2.14. The highest BCUT2D eigenvalue weighted by atomic mass is 16.5. The average Bonchev–Trinajstić information content (AvgIpc) is 2.89. The number of aromatic nitrogens is 1. The van der Waals surface area contributed by atoms with Gasteiger partial charge in [-0.05, 0) is 48.4 Å². The molecule has 35 heavy (non-hydrogen) atoms. The zero-order valence-corrected chi connectivity index (χ0v) is 19.1. The lowest BCUT2D eigenvalue weighted by atomic mass is 9.82. The number of aromatic hydroxyl groups is 1. The van der Waals surface area contributed by atoms with Gasteiger partial charge in [0.05, 0.1) is 23.6 Å². The van der Waals surface area contributed by atoms with E-state index in [4.69, 9.17) is 9.72 Å². The van der Waals surface area contributed by atoms with Gasteiger partial charge in [0, 0.05) is 28.3 Å². The number of para-hydroxylation sites is 2. The summed E-state index contributed by atoms with van der Waals surface area (Å²) in [5, 5.41) is 14.7. The van der Waals surface area contributed by atoms with Crippen molar-refractivity contribution in [2.45, 2.75) is 6.92 Å². The molecule has 5 heteroatoms. The van der Waals surface area contributed by atoms with Crippen LogP contribution in [0, 0.1) is 0 Å². The van der Waals surface area contributed by atoms with Crippen LogP contribution in [0.4, 0.5) is 11.4 Å². The third kappa shape index (κ3) is 3.40. The minimum absolute atomic E-state index is 0.0586. The van der Waals surface area contributed by atoms with Crippen molar-refractivity contribution in [3.8, 4) is 33.9 Å². The molecule has 0 spiro atoms. The second-order valence-electron chi connectivity index (χ2n) is 8.39. The summed E-state index contributed by atoms with van der Waals surface area (Å²) in [4.78, 5) is 18.8. The molecule has 5 aromatic rings. The summed E-state index contributed by atoms with van der Waals surface area (Å²) in [5.74, 6) is 0.666. The van der Waals surface area contributed by atoms with Gasteiger partial charge >= 0.3 is 0 Å². The maximum atomic E-state index is 13.8. The van der Waals surface area contributed by atoms with Crippen LogP contribution in [-0.2, 0) is 0 Å². The number of carbonyl (C=O) groups excluding carboxylic acids is 1. The number of fused-ring (bicyclic) bond motifs is 2. The highest BCUT2D eigenvalue weighted by Crippen LogP contribution is 2.47. The third-order valence-electron chi connectivity index (χ3n) is 6.27. The molecule has 1 aromatic heterocycles. The van der Waals surface area contributed by atoms with E-state index in [9.17, 15) is 9.90 Å². The molecule has 0 radical (unpaired) electrons. The molecular formula is C30H22N2O3. The number of benzene rings is 4. The highest BCUT2D eigenvalue weighted by molar-refractivity contribution is 6.29. The van der Waals surface area contributed by atoms with Crippen molar-refractivity contribution >= 4 is 28.1 Å². The number of nitrogens with one attached hydrogen (secondary N) is 1. The summed E-state index contributed by atoms with van der Waals surface area (Å²) >= 11 is 0. The number of pyridine rings is 1. The van der Waals surface area contributed by atoms with Crippen LogP contribution < -0.4 is 10.1 Å². The molecule has 0 saturated heterocycles. The lowest BCUT2D eigenvalue weighted by molar-refractivity contribution is 0.104. The Morgan fingerprint density at radius 2 is 1.51 bits per heavy atom. The fraction of sp³-hybridized carbons (Fsp3) is 0.0667. The number of phenolic OH excluding ortho intramolecular Hbond substituents is 1. The van der Waals surface area contributed by atoms with Crippen LogP contribution in [0.5, 0.6) is 11.5 Å². The Balaban J connectivity index is 1.72. The molecule has 170 valence electrons. The van der Waals surface area contributed by atoms with Gasteiger partial charge in [-0.15, -0.1) is 0 Å². The first-order chi connectivity index (χ1) is 17.2. The van der Waals surface area contributed by atoms with Crippen molar-refractivity contribution in [2.75, 3.05) is 11.9 Å². The Hall–Kier alpha value is -4.64. The lowest BCUT2D eigenvalue weighted by Gasteiger charge is -2.25. The Kier molecular flexibility index (Phi) is 4.96. The molecule has 0 amide bonds. The summed E-state index contributed by atoms with van der Waals surface area (Å²) in [6.45, 7) is 2.37. The molecule has 0 bridgehead atoms. The molecule has 0 saturated carbocycles. The normalized spacial score (nSPS) is 11.9. The number of carbonyl (C=O) groups is 1. The van der Waals surface area contributed by atoms with Gasteiger partial charge in [0.2, 0.25) is 0 Å². The van der Waals surface area contributed by atoms with Crippen molar-refractivity contribution in [3.05, 3.63) is 102 Å². The van der Waals surface area contributed by atoms with Crippen LogP contribution in [0.2, 0.25) is 0 Å². The molecular weight excluding hydrogens is 436 g/mol. The number of nitrogens with zero attached hydrogens (tertiary/aromatic N) is 1. The van der Waals surface area contributed by atoms with Gasteiger partial charge in [-0.25, -0.2) is 4.98 Å². The number of hydrogen-bond acceptors (Lipinski definition) is 5. The van der Waals surface area contributed by atoms with E-state index in [1.54, 1.807) is 12.1 Å². The van der Waals surface area contributed by atoms with Crippen LogP contribution in [0.3, 0.4) is 0 Å². The standard InChI is InChI=1S/C30H22N2O3/c1-2-35-26-17-24(31-18-10-4-3-5-11-18)28-27-22(19-12-6-7-13-20(19)30(28)34)16-23(32-29(26)27)21-14-8-9-15-25(21)33/h3-17,31,33H,2H2,1H3. The summed E-state index contributed by atoms with van der Waals surface area (Å²) in [6, 6.07) is 28.3. The van der Waals surface area contributed by atoms with Crippen LogP contribution in [0.15, 0.2) is 91.0 Å². The first-order valence-electron chi connectivity index (χ1n) is 11.5. The largest absolute Gasteiger partial charge is 0.507 e. The topological polar surface area (TPSA) is 71.4 Å². The summed E-state index contributed by atoms with van der Waals surface area (Å²) in [5.41, 5.74) is 6.31. The quantitative estimate of drug-likeness (QED) is 0.292. The van der Waals surface area contributed by atoms with Gasteiger partial charge in [0.1, 0.15) is 17.0 Å². The number of ketones is 1. The monoisotopic (exact) mass is 458 g/mol. The van der Waals surface area contributed by atoms with Crippen molar-refractivity contribution in [3.63, 3.8) is 0 Å². The van der Waals surface area contributed by atoms with Crippen molar-refractivity contribution in [2.24, 2.45) is 0 Å². The van der Waals surface area contributed by atoms with Gasteiger partial charge in [-0.1, -0.05) is 54.6 Å². The molecule has 6 rings (SSSR count). The van der Waals surface area contributed by atoms with Gasteiger partial charge in [0.25, 0.3) is 0 Å². The number of ether oxygens (including phenoxy) is 1. The minimum atomic E-state index is -0.0586. The van der Waals surface area contributed by atoms with E-state index >= 15 is 0 Å². The van der Waals surface area contributed by atoms with Crippen molar-refractivity contribution in [1.29, 1.82) is 0 Å². The zero-order chi connectivity index (χ0) is 23.9. The maximum Gasteiger partial charge on any atom is 0.196 e. The first kappa shape index (κ1) is 20.9. The van der Waals surface area contributed by atoms with Gasteiger partial charge < -0.3 is 15.2 Å². The van der Waals surface area contributed by atoms with E-state index in [0.29, 0.717) is 45.9 Å². The van der Waals surface area contributed by atoms with Gasteiger partial charge in [-0.2, -0.15) is 0 Å². The zero-order valence-electron chi connectivity index (χ0n) is 19.1. The summed E-state index contributed by atoms with van der Waals surface area (Å²) in [7, 11) is 0. The molecule has 0 unspecified atom stereocenters. The Morgan fingerprint density at radius 3 is 2.26 bits per heavy atom. The van der Waals surface area contributed by atoms with E-state index in [-0.39, 0.29) is 11.5 Å². The Bertz CT molecular complexity index is 1610. The van der Waals surface area contributed by atoms with Crippen molar-refractivity contribution < 1.29 is 14.6 Å². The van der Waals surface area contributed by atoms with Gasteiger partial charge in [0.15, 0.2) is 5.78 Å². The van der Waals surface area contributed by atoms with Crippen LogP contribution in [-0.4, -0.2) is 22.5 Å². The van der Waals surface area contributed by atoms with Crippen LogP contribution in [0.1, 0.15) is 22.8 Å². The number of anilines is 2. The average molecular weight is 459 g/mol. The number of rotatable bonds is 5. The SMILES string of the molecule is CCOc1cc(Nc2ccccc2)c2c3c(cc(-c4ccccc4O)nc13)-c1ccccc1C2=O. The summed E-state index contributed by atoms with van der Waals surface area (Å²) in [6.07, 6.45) is 0. The molecule has 1 heterocycles. The third-order valence-corrected chi connectivity index (χ3v) is 6.27. The molecule has 0 aliphatic heterocycles. The fourth-order valence-electron chi connectivity index (χ4n) is 4.75. The Morgan fingerprint density at radius 1 is 0.829 bits per heavy atom. The highest BCUT2D eigenvalue weighted by Gasteiger charge is 2.31. The Labute approximate surface area is 202 Å². The van der Waals surface area contributed by atoms with Crippen LogP contribution in [0.25, 0.3) is 33.3 Å². The molecule has 1 aliphatic carbocycles. The number of hydrogen-bond donors (Lipinski definition) is 2. The molecule has 5 nitrogen and oxygen atoms in total. The second-order valence-corrected chi connectivity index (χ2v) is 8.39. The second kappa shape index (κ2) is 8.29. The van der Waals surface area contributed by atoms with Crippen LogP contribution >= 0.6 is 0 Å². The number of phenols is 1. The van der Waals surface area contributed by atoms with E-state index in [0.717, 1.165) is 22.2 Å². The predicted molar refractivity (Wildman–Crippen MR) is 139 cm³/mol. The maximum absolute atomic E-state index is 13.8. The molecule has 1 aliphatic rings. The summed E-state index contributed by atoms with van der Waals surface area (Å²) < 4.78 is 6.04. The predicted octanol–water partition coefficient (Wildman–Crippen LogP) is 6.96.